The van der Waals surface area contributed by atoms with E-state index in [2.05, 4.69) is 36.6 Å². The van der Waals surface area contributed by atoms with Gasteiger partial charge in [-0.2, -0.15) is 4.98 Å². The first-order valence-electron chi connectivity index (χ1n) is 7.83. The summed E-state index contributed by atoms with van der Waals surface area (Å²) < 4.78 is 1.18. The molecule has 0 atom stereocenters. The van der Waals surface area contributed by atoms with Crippen molar-refractivity contribution in [3.8, 4) is 11.3 Å². The highest BCUT2D eigenvalue weighted by Crippen LogP contribution is 2.27. The number of benzene rings is 1. The summed E-state index contributed by atoms with van der Waals surface area (Å²) in [4.78, 5) is 17.7. The highest BCUT2D eigenvalue weighted by atomic mass is 32.1. The van der Waals surface area contributed by atoms with E-state index in [-0.39, 0.29) is 0 Å². The number of hydrogen-bond donors (Lipinski definition) is 2. The molecule has 0 spiro atoms. The summed E-state index contributed by atoms with van der Waals surface area (Å²) in [5.41, 5.74) is 3.68. The van der Waals surface area contributed by atoms with E-state index >= 15 is 0 Å². The van der Waals surface area contributed by atoms with Crippen LogP contribution in [0.15, 0.2) is 48.8 Å². The molecular formula is C18H16N6S. The Labute approximate surface area is 149 Å². The summed E-state index contributed by atoms with van der Waals surface area (Å²) in [5, 5.41) is 7.41. The molecule has 3 heterocycles. The monoisotopic (exact) mass is 348 g/mol. The van der Waals surface area contributed by atoms with E-state index in [9.17, 15) is 0 Å². The molecule has 0 unspecified atom stereocenters. The molecule has 0 fully saturated rings. The molecule has 6 nitrogen and oxygen atoms in total. The third kappa shape index (κ3) is 3.27. The lowest BCUT2D eigenvalue weighted by Crippen LogP contribution is -2.02. The maximum Gasteiger partial charge on any atom is 0.224 e. The normalized spacial score (nSPS) is 10.8. The fraction of sp³-hybridized carbons (Fsp3) is 0.111. The Morgan fingerprint density at radius 3 is 2.76 bits per heavy atom. The lowest BCUT2D eigenvalue weighted by molar-refractivity contribution is 1.15. The molecule has 1 aromatic carbocycles. The minimum Gasteiger partial charge on any atom is -0.357 e. The van der Waals surface area contributed by atoms with Crippen molar-refractivity contribution in [3.05, 3.63) is 53.8 Å². The van der Waals surface area contributed by atoms with Gasteiger partial charge >= 0.3 is 0 Å². The van der Waals surface area contributed by atoms with Crippen LogP contribution in [-0.4, -0.2) is 27.0 Å². The fourth-order valence-electron chi connectivity index (χ4n) is 2.55. The SMILES string of the molecule is CNc1nc(Nc2ccc3sc(C)nc3c2)cc(-c2cccnc2)n1. The lowest BCUT2D eigenvalue weighted by atomic mass is 10.2. The first kappa shape index (κ1) is 15.5. The van der Waals surface area contributed by atoms with Gasteiger partial charge < -0.3 is 10.6 Å². The molecule has 4 aromatic rings. The number of pyridine rings is 1. The Balaban J connectivity index is 1.71. The van der Waals surface area contributed by atoms with Crippen molar-refractivity contribution in [3.63, 3.8) is 0 Å². The van der Waals surface area contributed by atoms with Gasteiger partial charge in [0.05, 0.1) is 20.9 Å². The molecule has 3 aromatic heterocycles. The minimum absolute atomic E-state index is 0.550. The standard InChI is InChI=1S/C18H16N6S/c1-11-21-15-8-13(5-6-16(15)25-11)22-17-9-14(23-18(19-2)24-17)12-4-3-7-20-10-12/h3-10H,1-2H3,(H2,19,22,23,24). The number of nitrogens with one attached hydrogen (secondary N) is 2. The maximum atomic E-state index is 4.54. The number of nitrogens with zero attached hydrogens (tertiary/aromatic N) is 4. The van der Waals surface area contributed by atoms with Crippen molar-refractivity contribution in [1.82, 2.24) is 19.9 Å². The molecule has 4 rings (SSSR count). The first-order chi connectivity index (χ1) is 12.2. The van der Waals surface area contributed by atoms with E-state index in [4.69, 9.17) is 0 Å². The number of aromatic nitrogens is 4. The van der Waals surface area contributed by atoms with Crippen molar-refractivity contribution in [2.75, 3.05) is 17.7 Å². The van der Waals surface area contributed by atoms with Crippen LogP contribution in [0.25, 0.3) is 21.5 Å². The van der Waals surface area contributed by atoms with E-state index in [1.165, 1.54) is 4.70 Å². The summed E-state index contributed by atoms with van der Waals surface area (Å²) in [6.45, 7) is 2.02. The van der Waals surface area contributed by atoms with Gasteiger partial charge in [-0.25, -0.2) is 9.97 Å². The Morgan fingerprint density at radius 2 is 1.96 bits per heavy atom. The van der Waals surface area contributed by atoms with Crippen molar-refractivity contribution >= 4 is 39.0 Å². The number of thiazole rings is 1. The topological polar surface area (TPSA) is 75.6 Å². The first-order valence-corrected chi connectivity index (χ1v) is 8.64. The zero-order chi connectivity index (χ0) is 17.2. The van der Waals surface area contributed by atoms with Crippen LogP contribution in [-0.2, 0) is 0 Å². The Kier molecular flexibility index (Phi) is 3.99. The molecule has 0 aliphatic rings. The summed E-state index contributed by atoms with van der Waals surface area (Å²) in [6.07, 6.45) is 3.53. The predicted molar refractivity (Wildman–Crippen MR) is 102 cm³/mol. The van der Waals surface area contributed by atoms with E-state index < -0.39 is 0 Å². The molecule has 0 amide bonds. The third-order valence-corrected chi connectivity index (χ3v) is 4.63. The Bertz CT molecular complexity index is 1030. The van der Waals surface area contributed by atoms with Gasteiger partial charge in [-0.15, -0.1) is 11.3 Å². The number of hydrogen-bond acceptors (Lipinski definition) is 7. The highest BCUT2D eigenvalue weighted by Gasteiger charge is 2.08. The van der Waals surface area contributed by atoms with E-state index in [0.717, 1.165) is 27.5 Å². The van der Waals surface area contributed by atoms with Crippen LogP contribution in [0.3, 0.4) is 0 Å². The molecule has 25 heavy (non-hydrogen) atoms. The smallest absolute Gasteiger partial charge is 0.224 e. The molecule has 0 aliphatic carbocycles. The number of rotatable bonds is 4. The van der Waals surface area contributed by atoms with Gasteiger partial charge in [0.25, 0.3) is 0 Å². The molecule has 0 bridgehead atoms. The average Bonchev–Trinajstić information content (AvgIpc) is 3.01. The third-order valence-electron chi connectivity index (χ3n) is 3.67. The van der Waals surface area contributed by atoms with Crippen LogP contribution in [0.5, 0.6) is 0 Å². The fourth-order valence-corrected chi connectivity index (χ4v) is 3.36. The molecular weight excluding hydrogens is 332 g/mol. The quantitative estimate of drug-likeness (QED) is 0.574. The number of fused-ring (bicyclic) bond motifs is 1. The van der Waals surface area contributed by atoms with Gasteiger partial charge in [0.15, 0.2) is 0 Å². The molecule has 0 aliphatic heterocycles. The summed E-state index contributed by atoms with van der Waals surface area (Å²) in [6, 6.07) is 11.9. The molecule has 0 saturated heterocycles. The van der Waals surface area contributed by atoms with Gasteiger partial charge in [-0.3, -0.25) is 4.98 Å². The second-order valence-corrected chi connectivity index (χ2v) is 6.73. The van der Waals surface area contributed by atoms with Crippen LogP contribution in [0, 0.1) is 6.92 Å². The molecule has 124 valence electrons. The molecule has 0 radical (unpaired) electrons. The van der Waals surface area contributed by atoms with Crippen LogP contribution >= 0.6 is 11.3 Å². The maximum absolute atomic E-state index is 4.54. The largest absolute Gasteiger partial charge is 0.357 e. The minimum atomic E-state index is 0.550. The molecule has 0 saturated carbocycles. The van der Waals surface area contributed by atoms with Crippen LogP contribution in [0.1, 0.15) is 5.01 Å². The van der Waals surface area contributed by atoms with Gasteiger partial charge in [-0.05, 0) is 37.3 Å². The zero-order valence-corrected chi connectivity index (χ0v) is 14.6. The molecule has 7 heteroatoms. The zero-order valence-electron chi connectivity index (χ0n) is 13.8. The average molecular weight is 348 g/mol. The van der Waals surface area contributed by atoms with Crippen molar-refractivity contribution in [1.29, 1.82) is 0 Å². The van der Waals surface area contributed by atoms with E-state index in [1.54, 1.807) is 30.8 Å². The summed E-state index contributed by atoms with van der Waals surface area (Å²) in [5.74, 6) is 1.26. The number of anilines is 3. The van der Waals surface area contributed by atoms with Crippen LogP contribution in [0.2, 0.25) is 0 Å². The van der Waals surface area contributed by atoms with Crippen LogP contribution < -0.4 is 10.6 Å². The van der Waals surface area contributed by atoms with Crippen molar-refractivity contribution in [2.24, 2.45) is 0 Å². The lowest BCUT2D eigenvalue weighted by Gasteiger charge is -2.10. The van der Waals surface area contributed by atoms with Gasteiger partial charge in [0.2, 0.25) is 5.95 Å². The Hall–Kier alpha value is -3.06. The van der Waals surface area contributed by atoms with E-state index in [1.807, 2.05) is 37.3 Å². The second-order valence-electron chi connectivity index (χ2n) is 5.49. The predicted octanol–water partition coefficient (Wildman–Crippen LogP) is 4.24. The van der Waals surface area contributed by atoms with Crippen LogP contribution in [0.4, 0.5) is 17.5 Å². The summed E-state index contributed by atoms with van der Waals surface area (Å²) in [7, 11) is 1.80. The Morgan fingerprint density at radius 1 is 1.04 bits per heavy atom. The van der Waals surface area contributed by atoms with Gasteiger partial charge in [0.1, 0.15) is 5.82 Å². The number of aryl methyl sites for hydroxylation is 1. The van der Waals surface area contributed by atoms with Gasteiger partial charge in [-0.1, -0.05) is 0 Å². The molecule has 2 N–H and O–H groups in total. The second kappa shape index (κ2) is 6.45. The highest BCUT2D eigenvalue weighted by molar-refractivity contribution is 7.18. The van der Waals surface area contributed by atoms with Crippen molar-refractivity contribution in [2.45, 2.75) is 6.92 Å². The van der Waals surface area contributed by atoms with E-state index in [0.29, 0.717) is 11.8 Å². The van der Waals surface area contributed by atoms with Gasteiger partial charge in [0, 0.05) is 36.8 Å². The summed E-state index contributed by atoms with van der Waals surface area (Å²) >= 11 is 1.69. The van der Waals surface area contributed by atoms with Crippen molar-refractivity contribution < 1.29 is 0 Å².